The predicted molar refractivity (Wildman–Crippen MR) is 79.7 cm³/mol. The second kappa shape index (κ2) is 6.67. The Balaban J connectivity index is 2.62. The van der Waals surface area contributed by atoms with Crippen LogP contribution in [0.25, 0.3) is 0 Å². The fourth-order valence-electron chi connectivity index (χ4n) is 1.86. The number of nitrogens with two attached hydrogens (primary N) is 1. The van der Waals surface area contributed by atoms with Gasteiger partial charge in [-0.3, -0.25) is 0 Å². The number of nitrogen functional groups attached to an aromatic ring is 1. The maximum Gasteiger partial charge on any atom is 0.252 e. The third-order valence-corrected chi connectivity index (χ3v) is 5.98. The molecule has 19 heavy (non-hydrogen) atoms. The van der Waals surface area contributed by atoms with Crippen molar-refractivity contribution >= 4 is 26.5 Å². The molecule has 0 radical (unpaired) electrons. The summed E-state index contributed by atoms with van der Waals surface area (Å²) in [6, 6.07) is -0.0773. The number of nitrogens with zero attached hydrogens (tertiary/aromatic N) is 1. The second-order valence-electron chi connectivity index (χ2n) is 5.27. The average Bonchev–Trinajstić information content (AvgIpc) is 2.57. The van der Waals surface area contributed by atoms with E-state index in [1.807, 2.05) is 6.92 Å². The molecule has 0 bridgehead atoms. The van der Waals surface area contributed by atoms with Crippen molar-refractivity contribution in [1.82, 2.24) is 9.71 Å². The van der Waals surface area contributed by atoms with Gasteiger partial charge in [0.05, 0.1) is 5.69 Å². The van der Waals surface area contributed by atoms with E-state index in [9.17, 15) is 8.42 Å². The number of thiazole rings is 1. The summed E-state index contributed by atoms with van der Waals surface area (Å²) >= 11 is 1.01. The van der Waals surface area contributed by atoms with Gasteiger partial charge >= 0.3 is 0 Å². The van der Waals surface area contributed by atoms with E-state index in [0.717, 1.165) is 30.6 Å². The predicted octanol–water partition coefficient (Wildman–Crippen LogP) is 2.53. The van der Waals surface area contributed by atoms with E-state index in [-0.39, 0.29) is 15.4 Å². The number of nitrogens with one attached hydrogen (secondary N) is 1. The summed E-state index contributed by atoms with van der Waals surface area (Å²) in [7, 11) is -3.49. The Hall–Kier alpha value is -0.660. The molecule has 0 amide bonds. The van der Waals surface area contributed by atoms with Crippen LogP contribution in [0.4, 0.5) is 5.13 Å². The Labute approximate surface area is 119 Å². The van der Waals surface area contributed by atoms with Crippen LogP contribution in [-0.2, 0) is 10.0 Å². The van der Waals surface area contributed by atoms with Gasteiger partial charge in [-0.1, -0.05) is 38.0 Å². The number of hydrogen-bond acceptors (Lipinski definition) is 5. The number of sulfonamides is 1. The van der Waals surface area contributed by atoms with Gasteiger partial charge in [0.1, 0.15) is 0 Å². The molecule has 0 aromatic carbocycles. The van der Waals surface area contributed by atoms with Gasteiger partial charge in [0.15, 0.2) is 9.34 Å². The van der Waals surface area contributed by atoms with Gasteiger partial charge < -0.3 is 5.73 Å². The van der Waals surface area contributed by atoms with Gasteiger partial charge in [-0.15, -0.1) is 0 Å². The maximum absolute atomic E-state index is 12.2. The number of aryl methyl sites for hydroxylation is 1. The summed E-state index contributed by atoms with van der Waals surface area (Å²) in [5, 5.41) is 0.283. The van der Waals surface area contributed by atoms with Crippen LogP contribution in [0, 0.1) is 12.8 Å². The summed E-state index contributed by atoms with van der Waals surface area (Å²) in [6.07, 6.45) is 2.97. The van der Waals surface area contributed by atoms with Crippen molar-refractivity contribution < 1.29 is 8.42 Å². The summed E-state index contributed by atoms with van der Waals surface area (Å²) in [5.41, 5.74) is 6.00. The highest BCUT2D eigenvalue weighted by Crippen LogP contribution is 2.25. The Morgan fingerprint density at radius 3 is 2.42 bits per heavy atom. The maximum atomic E-state index is 12.2. The average molecular weight is 305 g/mol. The molecule has 0 fully saturated rings. The Morgan fingerprint density at radius 2 is 1.95 bits per heavy atom. The molecule has 0 aliphatic carbocycles. The molecule has 3 N–H and O–H groups in total. The van der Waals surface area contributed by atoms with E-state index < -0.39 is 10.0 Å². The summed E-state index contributed by atoms with van der Waals surface area (Å²) in [4.78, 5) is 3.95. The first kappa shape index (κ1) is 16.4. The third kappa shape index (κ3) is 5.08. The first-order valence-corrected chi connectivity index (χ1v) is 8.77. The summed E-state index contributed by atoms with van der Waals surface area (Å²) in [6.45, 7) is 7.87. The molecule has 0 spiro atoms. The number of anilines is 1. The zero-order chi connectivity index (χ0) is 14.6. The quantitative estimate of drug-likeness (QED) is 0.810. The minimum absolute atomic E-state index is 0.0773. The molecule has 1 rings (SSSR count). The van der Waals surface area contributed by atoms with Crippen molar-refractivity contribution in [2.24, 2.45) is 5.92 Å². The van der Waals surface area contributed by atoms with Gasteiger partial charge in [-0.2, -0.15) is 0 Å². The van der Waals surface area contributed by atoms with Gasteiger partial charge in [0.25, 0.3) is 10.0 Å². The van der Waals surface area contributed by atoms with E-state index >= 15 is 0 Å². The topological polar surface area (TPSA) is 85.1 Å². The lowest BCUT2D eigenvalue weighted by atomic mass is 10.0. The minimum Gasteiger partial charge on any atom is -0.375 e. The van der Waals surface area contributed by atoms with Crippen LogP contribution >= 0.6 is 11.3 Å². The molecule has 1 aromatic rings. The molecule has 0 aliphatic rings. The number of aromatic nitrogens is 1. The zero-order valence-corrected chi connectivity index (χ0v) is 13.6. The monoisotopic (exact) mass is 305 g/mol. The highest BCUT2D eigenvalue weighted by atomic mass is 32.2. The summed E-state index contributed by atoms with van der Waals surface area (Å²) in [5.74, 6) is 0.646. The van der Waals surface area contributed by atoms with E-state index in [4.69, 9.17) is 5.73 Å². The van der Waals surface area contributed by atoms with Crippen LogP contribution < -0.4 is 10.5 Å². The van der Waals surface area contributed by atoms with Crippen LogP contribution in [0.5, 0.6) is 0 Å². The number of rotatable bonds is 7. The first-order valence-electron chi connectivity index (χ1n) is 6.47. The molecule has 1 aromatic heterocycles. The molecule has 0 saturated heterocycles. The highest BCUT2D eigenvalue weighted by molar-refractivity contribution is 7.91. The van der Waals surface area contributed by atoms with Crippen molar-refractivity contribution in [3.8, 4) is 0 Å². The van der Waals surface area contributed by atoms with Crippen molar-refractivity contribution in [2.75, 3.05) is 5.73 Å². The van der Waals surface area contributed by atoms with Crippen molar-refractivity contribution in [1.29, 1.82) is 0 Å². The largest absolute Gasteiger partial charge is 0.375 e. The van der Waals surface area contributed by atoms with Crippen molar-refractivity contribution in [3.63, 3.8) is 0 Å². The fourth-order valence-corrected chi connectivity index (χ4v) is 4.46. The molecule has 1 unspecified atom stereocenters. The van der Waals surface area contributed by atoms with Gasteiger partial charge in [-0.25, -0.2) is 18.1 Å². The second-order valence-corrected chi connectivity index (χ2v) is 8.21. The van der Waals surface area contributed by atoms with Crippen molar-refractivity contribution in [3.05, 3.63) is 5.69 Å². The molecule has 110 valence electrons. The lowest BCUT2D eigenvalue weighted by Gasteiger charge is -2.14. The lowest BCUT2D eigenvalue weighted by molar-refractivity contribution is 0.488. The Morgan fingerprint density at radius 1 is 1.32 bits per heavy atom. The molecular formula is C12H23N3O2S2. The van der Waals surface area contributed by atoms with Gasteiger partial charge in [-0.05, 0) is 26.2 Å². The van der Waals surface area contributed by atoms with E-state index in [2.05, 4.69) is 23.6 Å². The van der Waals surface area contributed by atoms with Crippen LogP contribution in [0.15, 0.2) is 4.21 Å². The van der Waals surface area contributed by atoms with E-state index in [1.54, 1.807) is 6.92 Å². The SMILES string of the molecule is Cc1nc(N)sc1S(=O)(=O)NC(C)CCCC(C)C. The normalized spacial score (nSPS) is 13.9. The van der Waals surface area contributed by atoms with E-state index in [1.165, 1.54) is 0 Å². The van der Waals surface area contributed by atoms with Crippen LogP contribution in [-0.4, -0.2) is 19.4 Å². The summed E-state index contributed by atoms with van der Waals surface area (Å²) < 4.78 is 27.3. The van der Waals surface area contributed by atoms with Crippen molar-refractivity contribution in [2.45, 2.75) is 57.2 Å². The molecule has 5 nitrogen and oxygen atoms in total. The van der Waals surface area contributed by atoms with Crippen LogP contribution in [0.1, 0.15) is 45.7 Å². The van der Waals surface area contributed by atoms with Crippen LogP contribution in [0.2, 0.25) is 0 Å². The zero-order valence-electron chi connectivity index (χ0n) is 11.9. The molecule has 1 heterocycles. The Bertz CT molecular complexity index is 509. The number of hydrogen-bond donors (Lipinski definition) is 2. The molecule has 7 heteroatoms. The van der Waals surface area contributed by atoms with Gasteiger partial charge in [0.2, 0.25) is 0 Å². The third-order valence-electron chi connectivity index (χ3n) is 2.79. The smallest absolute Gasteiger partial charge is 0.252 e. The standard InChI is InChI=1S/C12H23N3O2S2/c1-8(2)6-5-7-9(3)15-19(16,17)11-10(4)14-12(13)18-11/h8-9,15H,5-7H2,1-4H3,(H2,13,14). The highest BCUT2D eigenvalue weighted by Gasteiger charge is 2.22. The molecule has 0 saturated carbocycles. The lowest BCUT2D eigenvalue weighted by Crippen LogP contribution is -2.32. The first-order chi connectivity index (χ1) is 8.72. The van der Waals surface area contributed by atoms with Gasteiger partial charge in [0, 0.05) is 6.04 Å². The van der Waals surface area contributed by atoms with Crippen LogP contribution in [0.3, 0.4) is 0 Å². The molecular weight excluding hydrogens is 282 g/mol. The molecule has 0 aliphatic heterocycles. The molecule has 1 atom stereocenters. The van der Waals surface area contributed by atoms with E-state index in [0.29, 0.717) is 11.6 Å². The minimum atomic E-state index is -3.49. The Kier molecular flexibility index (Phi) is 5.76. The fraction of sp³-hybridized carbons (Fsp3) is 0.750.